The van der Waals surface area contributed by atoms with Gasteiger partial charge in [-0.15, -0.1) is 0 Å². The van der Waals surface area contributed by atoms with Gasteiger partial charge in [0.05, 0.1) is 0 Å². The van der Waals surface area contributed by atoms with Crippen LogP contribution in [0.4, 0.5) is 18.9 Å². The topological polar surface area (TPSA) is 46.2 Å². The molecule has 0 aliphatic heterocycles. The second-order valence-corrected chi connectivity index (χ2v) is 4.95. The Morgan fingerprint density at radius 1 is 1.15 bits per heavy atom. The van der Waals surface area contributed by atoms with Gasteiger partial charge in [0.25, 0.3) is 0 Å². The third-order valence-corrected chi connectivity index (χ3v) is 3.44. The normalized spacial score (nSPS) is 18.5. The zero-order chi connectivity index (χ0) is 14.8. The summed E-state index contributed by atoms with van der Waals surface area (Å²) in [5, 5.41) is 10.2. The standard InChI is InChI=1S/C15H16F3NO/c16-15(17,18)14(20,10-11-4-2-1-3-5-11)12-6-8-13(19)9-7-12/h1-2,4,6-9,20H,3,5,10,19H2. The Bertz CT molecular complexity index is 531. The minimum atomic E-state index is -4.74. The van der Waals surface area contributed by atoms with Crippen molar-refractivity contribution in [2.45, 2.75) is 31.0 Å². The Kier molecular flexibility index (Phi) is 3.90. The van der Waals surface area contributed by atoms with Crippen molar-refractivity contribution in [1.29, 1.82) is 0 Å². The van der Waals surface area contributed by atoms with Gasteiger partial charge < -0.3 is 10.8 Å². The van der Waals surface area contributed by atoms with E-state index in [1.165, 1.54) is 24.3 Å². The number of alkyl halides is 3. The molecule has 0 radical (unpaired) electrons. The summed E-state index contributed by atoms with van der Waals surface area (Å²) in [6, 6.07) is 5.17. The Morgan fingerprint density at radius 2 is 1.80 bits per heavy atom. The zero-order valence-electron chi connectivity index (χ0n) is 10.8. The van der Waals surface area contributed by atoms with E-state index in [1.807, 2.05) is 6.08 Å². The number of aliphatic hydroxyl groups is 1. The van der Waals surface area contributed by atoms with E-state index in [2.05, 4.69) is 0 Å². The van der Waals surface area contributed by atoms with E-state index in [4.69, 9.17) is 5.73 Å². The van der Waals surface area contributed by atoms with Crippen LogP contribution in [0.2, 0.25) is 0 Å². The molecule has 1 atom stereocenters. The molecule has 1 aromatic rings. The number of benzene rings is 1. The number of nitrogen functional groups attached to an aromatic ring is 1. The predicted octanol–water partition coefficient (Wildman–Crippen LogP) is 3.69. The molecule has 1 aliphatic carbocycles. The lowest BCUT2D eigenvalue weighted by Gasteiger charge is -2.32. The first-order valence-corrected chi connectivity index (χ1v) is 6.32. The molecule has 108 valence electrons. The molecule has 5 heteroatoms. The number of nitrogens with two attached hydrogens (primary N) is 1. The molecule has 1 aliphatic rings. The maximum atomic E-state index is 13.3. The van der Waals surface area contributed by atoms with Crippen molar-refractivity contribution in [1.82, 2.24) is 0 Å². The van der Waals surface area contributed by atoms with Crippen LogP contribution < -0.4 is 5.73 Å². The van der Waals surface area contributed by atoms with E-state index in [9.17, 15) is 18.3 Å². The highest BCUT2D eigenvalue weighted by atomic mass is 19.4. The highest BCUT2D eigenvalue weighted by Crippen LogP contribution is 2.44. The van der Waals surface area contributed by atoms with Crippen LogP contribution in [0.3, 0.4) is 0 Å². The third kappa shape index (κ3) is 2.88. The molecule has 0 spiro atoms. The summed E-state index contributed by atoms with van der Waals surface area (Å²) in [6.45, 7) is 0. The summed E-state index contributed by atoms with van der Waals surface area (Å²) in [7, 11) is 0. The van der Waals surface area contributed by atoms with Gasteiger partial charge in [-0.1, -0.05) is 35.9 Å². The van der Waals surface area contributed by atoms with Crippen LogP contribution in [0.1, 0.15) is 24.8 Å². The van der Waals surface area contributed by atoms with Crippen LogP contribution >= 0.6 is 0 Å². The minimum Gasteiger partial charge on any atom is -0.399 e. The number of anilines is 1. The lowest BCUT2D eigenvalue weighted by molar-refractivity contribution is -0.266. The van der Waals surface area contributed by atoms with Gasteiger partial charge in [0.15, 0.2) is 5.60 Å². The van der Waals surface area contributed by atoms with Crippen molar-refractivity contribution in [3.63, 3.8) is 0 Å². The SMILES string of the molecule is Nc1ccc(C(O)(CC2=CC=CCC2)C(F)(F)F)cc1. The summed E-state index contributed by atoms with van der Waals surface area (Å²) in [5.41, 5.74) is 3.36. The van der Waals surface area contributed by atoms with Crippen LogP contribution in [0.5, 0.6) is 0 Å². The molecule has 0 heterocycles. The van der Waals surface area contributed by atoms with Gasteiger partial charge >= 0.3 is 6.18 Å². The smallest absolute Gasteiger partial charge is 0.399 e. The first-order valence-electron chi connectivity index (χ1n) is 6.32. The van der Waals surface area contributed by atoms with E-state index in [0.29, 0.717) is 24.1 Å². The van der Waals surface area contributed by atoms with E-state index in [1.54, 1.807) is 12.2 Å². The van der Waals surface area contributed by atoms with Gasteiger partial charge in [-0.25, -0.2) is 0 Å². The Labute approximate surface area is 115 Å². The average molecular weight is 283 g/mol. The highest BCUT2D eigenvalue weighted by molar-refractivity contribution is 5.42. The van der Waals surface area contributed by atoms with Gasteiger partial charge in [-0.05, 0) is 30.5 Å². The summed E-state index contributed by atoms with van der Waals surface area (Å²) in [5.74, 6) is 0. The molecule has 1 aromatic carbocycles. The average Bonchev–Trinajstić information content (AvgIpc) is 2.39. The second kappa shape index (κ2) is 5.32. The summed E-state index contributed by atoms with van der Waals surface area (Å²) >= 11 is 0. The van der Waals surface area contributed by atoms with Crippen molar-refractivity contribution in [3.8, 4) is 0 Å². The van der Waals surface area contributed by atoms with Crippen LogP contribution in [0, 0.1) is 0 Å². The van der Waals surface area contributed by atoms with Crippen LogP contribution in [0.25, 0.3) is 0 Å². The van der Waals surface area contributed by atoms with Crippen molar-refractivity contribution in [2.24, 2.45) is 0 Å². The molecular weight excluding hydrogens is 267 g/mol. The third-order valence-electron chi connectivity index (χ3n) is 3.44. The van der Waals surface area contributed by atoms with Gasteiger partial charge in [0.1, 0.15) is 0 Å². The van der Waals surface area contributed by atoms with Gasteiger partial charge in [-0.2, -0.15) is 13.2 Å². The fourth-order valence-corrected chi connectivity index (χ4v) is 2.25. The largest absolute Gasteiger partial charge is 0.421 e. The van der Waals surface area contributed by atoms with Crippen LogP contribution in [-0.4, -0.2) is 11.3 Å². The molecule has 0 amide bonds. The zero-order valence-corrected chi connectivity index (χ0v) is 10.8. The lowest BCUT2D eigenvalue weighted by Crippen LogP contribution is -2.42. The Balaban J connectivity index is 2.37. The molecule has 20 heavy (non-hydrogen) atoms. The molecule has 0 fully saturated rings. The Hall–Kier alpha value is -1.75. The van der Waals surface area contributed by atoms with Crippen LogP contribution in [-0.2, 0) is 5.60 Å². The molecular formula is C15H16F3NO. The fourth-order valence-electron chi connectivity index (χ4n) is 2.25. The number of rotatable bonds is 3. The van der Waals surface area contributed by atoms with Gasteiger partial charge in [0, 0.05) is 12.1 Å². The Morgan fingerprint density at radius 3 is 2.30 bits per heavy atom. The maximum absolute atomic E-state index is 13.3. The second-order valence-electron chi connectivity index (χ2n) is 4.95. The molecule has 0 saturated carbocycles. The number of hydrogen-bond acceptors (Lipinski definition) is 2. The maximum Gasteiger partial charge on any atom is 0.421 e. The molecule has 3 N–H and O–H groups in total. The van der Waals surface area contributed by atoms with Crippen molar-refractivity contribution in [3.05, 3.63) is 53.6 Å². The number of hydrogen-bond donors (Lipinski definition) is 2. The lowest BCUT2D eigenvalue weighted by atomic mass is 9.84. The van der Waals surface area contributed by atoms with E-state index in [0.717, 1.165) is 0 Å². The molecule has 0 saturated heterocycles. The van der Waals surface area contributed by atoms with Gasteiger partial charge in [-0.3, -0.25) is 0 Å². The van der Waals surface area contributed by atoms with Gasteiger partial charge in [0.2, 0.25) is 0 Å². The quantitative estimate of drug-likeness (QED) is 0.831. The van der Waals surface area contributed by atoms with E-state index in [-0.39, 0.29) is 5.56 Å². The molecule has 0 bridgehead atoms. The molecule has 2 rings (SSSR count). The summed E-state index contributed by atoms with van der Waals surface area (Å²) in [6.07, 6.45) is 1.27. The van der Waals surface area contributed by atoms with Crippen molar-refractivity contribution >= 4 is 5.69 Å². The number of allylic oxidation sites excluding steroid dienone is 3. The van der Waals surface area contributed by atoms with Crippen molar-refractivity contribution < 1.29 is 18.3 Å². The van der Waals surface area contributed by atoms with Crippen molar-refractivity contribution in [2.75, 3.05) is 5.73 Å². The molecule has 1 unspecified atom stereocenters. The number of halogens is 3. The minimum absolute atomic E-state index is 0.186. The first-order chi connectivity index (χ1) is 9.33. The van der Waals surface area contributed by atoms with E-state index < -0.39 is 18.2 Å². The first kappa shape index (κ1) is 14.7. The van der Waals surface area contributed by atoms with E-state index >= 15 is 0 Å². The summed E-state index contributed by atoms with van der Waals surface area (Å²) in [4.78, 5) is 0. The highest BCUT2D eigenvalue weighted by Gasteiger charge is 2.54. The fraction of sp³-hybridized carbons (Fsp3) is 0.333. The monoisotopic (exact) mass is 283 g/mol. The molecule has 2 nitrogen and oxygen atoms in total. The molecule has 0 aromatic heterocycles. The summed E-state index contributed by atoms with van der Waals surface area (Å²) < 4.78 is 40.0. The van der Waals surface area contributed by atoms with Crippen LogP contribution in [0.15, 0.2) is 48.1 Å². The predicted molar refractivity (Wildman–Crippen MR) is 71.9 cm³/mol.